The number of para-hydroxylation sites is 1. The number of nitrogens with two attached hydrogens (primary N) is 1. The Labute approximate surface area is 100 Å². The van der Waals surface area contributed by atoms with E-state index in [-0.39, 0.29) is 17.2 Å². The van der Waals surface area contributed by atoms with Gasteiger partial charge in [-0.3, -0.25) is 4.79 Å². The first-order valence-electron chi connectivity index (χ1n) is 6.03. The van der Waals surface area contributed by atoms with Gasteiger partial charge in [-0.25, -0.2) is 4.39 Å². The molecule has 0 unspecified atom stereocenters. The average molecular weight is 236 g/mol. The third kappa shape index (κ3) is 2.57. The first kappa shape index (κ1) is 11.9. The van der Waals surface area contributed by atoms with E-state index < -0.39 is 5.82 Å². The maximum atomic E-state index is 13.3. The molecule has 0 aliphatic carbocycles. The van der Waals surface area contributed by atoms with Crippen LogP contribution in [0.4, 0.5) is 10.1 Å². The van der Waals surface area contributed by atoms with Crippen molar-refractivity contribution >= 4 is 11.6 Å². The first-order chi connectivity index (χ1) is 8.20. The molecular formula is C13H17FN2O. The molecule has 0 spiro atoms. The van der Waals surface area contributed by atoms with E-state index in [1.54, 1.807) is 11.0 Å². The Kier molecular flexibility index (Phi) is 3.61. The quantitative estimate of drug-likeness (QED) is 0.761. The number of hydrogen-bond donors (Lipinski definition) is 1. The SMILES string of the molecule is Nc1c(F)cccc1C(=O)N1CCCCCC1. The molecule has 1 heterocycles. The molecule has 0 atom stereocenters. The number of carbonyl (C=O) groups excluding carboxylic acids is 1. The zero-order valence-electron chi connectivity index (χ0n) is 9.79. The van der Waals surface area contributed by atoms with E-state index >= 15 is 0 Å². The van der Waals surface area contributed by atoms with E-state index in [9.17, 15) is 9.18 Å². The highest BCUT2D eigenvalue weighted by molar-refractivity contribution is 5.99. The van der Waals surface area contributed by atoms with Gasteiger partial charge in [0.05, 0.1) is 11.3 Å². The fourth-order valence-corrected chi connectivity index (χ4v) is 2.17. The summed E-state index contributed by atoms with van der Waals surface area (Å²) < 4.78 is 13.3. The lowest BCUT2D eigenvalue weighted by molar-refractivity contribution is 0.0762. The van der Waals surface area contributed by atoms with Gasteiger partial charge in [0.15, 0.2) is 0 Å². The Bertz CT molecular complexity index is 412. The minimum atomic E-state index is -0.523. The summed E-state index contributed by atoms with van der Waals surface area (Å²) in [5.41, 5.74) is 5.85. The molecule has 1 aliphatic rings. The van der Waals surface area contributed by atoms with Gasteiger partial charge < -0.3 is 10.6 Å². The third-order valence-electron chi connectivity index (χ3n) is 3.18. The number of benzene rings is 1. The molecule has 0 radical (unpaired) electrons. The van der Waals surface area contributed by atoms with E-state index in [2.05, 4.69) is 0 Å². The van der Waals surface area contributed by atoms with Crippen molar-refractivity contribution in [3.63, 3.8) is 0 Å². The number of likely N-dealkylation sites (tertiary alicyclic amines) is 1. The van der Waals surface area contributed by atoms with Crippen LogP contribution >= 0.6 is 0 Å². The molecule has 0 aromatic heterocycles. The van der Waals surface area contributed by atoms with Crippen molar-refractivity contribution in [2.24, 2.45) is 0 Å². The third-order valence-corrected chi connectivity index (χ3v) is 3.18. The van der Waals surface area contributed by atoms with Crippen LogP contribution in [0.1, 0.15) is 36.0 Å². The first-order valence-corrected chi connectivity index (χ1v) is 6.03. The van der Waals surface area contributed by atoms with E-state index in [0.29, 0.717) is 0 Å². The largest absolute Gasteiger partial charge is 0.396 e. The van der Waals surface area contributed by atoms with Crippen molar-refractivity contribution in [3.05, 3.63) is 29.6 Å². The molecule has 0 saturated carbocycles. The second-order valence-corrected chi connectivity index (χ2v) is 4.41. The maximum Gasteiger partial charge on any atom is 0.256 e. The summed E-state index contributed by atoms with van der Waals surface area (Å²) in [5.74, 6) is -0.672. The highest BCUT2D eigenvalue weighted by atomic mass is 19.1. The average Bonchev–Trinajstić information content (AvgIpc) is 2.60. The van der Waals surface area contributed by atoms with Crippen LogP contribution in [-0.2, 0) is 0 Å². The number of halogens is 1. The zero-order valence-corrected chi connectivity index (χ0v) is 9.79. The molecule has 1 saturated heterocycles. The number of nitrogen functional groups attached to an aromatic ring is 1. The summed E-state index contributed by atoms with van der Waals surface area (Å²) in [6, 6.07) is 4.39. The molecule has 17 heavy (non-hydrogen) atoms. The smallest absolute Gasteiger partial charge is 0.256 e. The molecule has 4 heteroatoms. The monoisotopic (exact) mass is 236 g/mol. The van der Waals surface area contributed by atoms with Crippen LogP contribution in [0.5, 0.6) is 0 Å². The summed E-state index contributed by atoms with van der Waals surface area (Å²) in [6.07, 6.45) is 4.34. The Morgan fingerprint density at radius 2 is 1.82 bits per heavy atom. The number of rotatable bonds is 1. The van der Waals surface area contributed by atoms with E-state index in [4.69, 9.17) is 5.73 Å². The van der Waals surface area contributed by atoms with Gasteiger partial charge in [-0.1, -0.05) is 18.9 Å². The van der Waals surface area contributed by atoms with Gasteiger partial charge in [-0.2, -0.15) is 0 Å². The summed E-state index contributed by atoms with van der Waals surface area (Å²) in [7, 11) is 0. The molecule has 1 aliphatic heterocycles. The highest BCUT2D eigenvalue weighted by Gasteiger charge is 2.20. The molecule has 2 N–H and O–H groups in total. The second-order valence-electron chi connectivity index (χ2n) is 4.41. The summed E-state index contributed by atoms with van der Waals surface area (Å²) >= 11 is 0. The lowest BCUT2D eigenvalue weighted by atomic mass is 10.1. The number of carbonyl (C=O) groups is 1. The van der Waals surface area contributed by atoms with Crippen LogP contribution in [0.15, 0.2) is 18.2 Å². The molecule has 92 valence electrons. The van der Waals surface area contributed by atoms with E-state index in [1.807, 2.05) is 0 Å². The standard InChI is InChI=1S/C13H17FN2O/c14-11-7-5-6-10(12(11)15)13(17)16-8-3-1-2-4-9-16/h5-7H,1-4,8-9,15H2. The zero-order chi connectivity index (χ0) is 12.3. The van der Waals surface area contributed by atoms with Gasteiger partial charge in [-0.15, -0.1) is 0 Å². The minimum absolute atomic E-state index is 0.0400. The number of nitrogens with zero attached hydrogens (tertiary/aromatic N) is 1. The lowest BCUT2D eigenvalue weighted by Crippen LogP contribution is -2.32. The minimum Gasteiger partial charge on any atom is -0.396 e. The van der Waals surface area contributed by atoms with Crippen molar-refractivity contribution in [2.75, 3.05) is 18.8 Å². The van der Waals surface area contributed by atoms with Crippen molar-refractivity contribution in [1.82, 2.24) is 4.90 Å². The molecular weight excluding hydrogens is 219 g/mol. The molecule has 3 nitrogen and oxygen atoms in total. The number of amides is 1. The lowest BCUT2D eigenvalue weighted by Gasteiger charge is -2.21. The van der Waals surface area contributed by atoms with Crippen molar-refractivity contribution in [1.29, 1.82) is 0 Å². The van der Waals surface area contributed by atoms with Gasteiger partial charge in [0.1, 0.15) is 5.82 Å². The highest BCUT2D eigenvalue weighted by Crippen LogP contribution is 2.19. The Morgan fingerprint density at radius 3 is 2.47 bits per heavy atom. The predicted molar refractivity (Wildman–Crippen MR) is 65.2 cm³/mol. The Hall–Kier alpha value is -1.58. The van der Waals surface area contributed by atoms with Crippen LogP contribution in [0.2, 0.25) is 0 Å². The fourth-order valence-electron chi connectivity index (χ4n) is 2.17. The van der Waals surface area contributed by atoms with E-state index in [1.165, 1.54) is 12.1 Å². The van der Waals surface area contributed by atoms with Gasteiger partial charge in [0.25, 0.3) is 5.91 Å². The normalized spacial score (nSPS) is 16.6. The Balaban J connectivity index is 2.20. The maximum absolute atomic E-state index is 13.3. The topological polar surface area (TPSA) is 46.3 Å². The van der Waals surface area contributed by atoms with Crippen LogP contribution in [-0.4, -0.2) is 23.9 Å². The van der Waals surface area contributed by atoms with Crippen LogP contribution in [0, 0.1) is 5.82 Å². The van der Waals surface area contributed by atoms with Gasteiger partial charge in [0.2, 0.25) is 0 Å². The number of hydrogen-bond acceptors (Lipinski definition) is 2. The molecule has 1 aromatic carbocycles. The van der Waals surface area contributed by atoms with Gasteiger partial charge in [0, 0.05) is 13.1 Å². The van der Waals surface area contributed by atoms with E-state index in [0.717, 1.165) is 38.8 Å². The number of anilines is 1. The molecule has 1 amide bonds. The fraction of sp³-hybridized carbons (Fsp3) is 0.462. The second kappa shape index (κ2) is 5.17. The molecule has 1 aromatic rings. The van der Waals surface area contributed by atoms with Crippen LogP contribution < -0.4 is 5.73 Å². The van der Waals surface area contributed by atoms with Gasteiger partial charge >= 0.3 is 0 Å². The molecule has 2 rings (SSSR count). The van der Waals surface area contributed by atoms with Crippen molar-refractivity contribution in [3.8, 4) is 0 Å². The van der Waals surface area contributed by atoms with Crippen LogP contribution in [0.3, 0.4) is 0 Å². The molecule has 0 bridgehead atoms. The summed E-state index contributed by atoms with van der Waals surface area (Å²) in [4.78, 5) is 14.0. The van der Waals surface area contributed by atoms with Gasteiger partial charge in [-0.05, 0) is 25.0 Å². The molecule has 1 fully saturated rings. The summed E-state index contributed by atoms with van der Waals surface area (Å²) in [5, 5.41) is 0. The van der Waals surface area contributed by atoms with Crippen molar-refractivity contribution in [2.45, 2.75) is 25.7 Å². The predicted octanol–water partition coefficient (Wildman–Crippen LogP) is 2.42. The van der Waals surface area contributed by atoms with Crippen LogP contribution in [0.25, 0.3) is 0 Å². The Morgan fingerprint density at radius 1 is 1.18 bits per heavy atom. The summed E-state index contributed by atoms with van der Waals surface area (Å²) in [6.45, 7) is 1.49. The van der Waals surface area contributed by atoms with Crippen molar-refractivity contribution < 1.29 is 9.18 Å².